The molecular weight excluding hydrogens is 1090 g/mol. The lowest BCUT2D eigenvalue weighted by Crippen LogP contribution is -2.46. The van der Waals surface area contributed by atoms with Gasteiger partial charge in [-0.1, -0.05) is 30.3 Å². The molecular formula is C58H69F4N9O6S3. The molecule has 1 aromatic heterocycles. The van der Waals surface area contributed by atoms with Crippen LogP contribution < -0.4 is 25.2 Å². The highest BCUT2D eigenvalue weighted by Gasteiger charge is 2.48. The Balaban J connectivity index is 0.874. The normalized spacial score (nSPS) is 16.6. The molecule has 0 aliphatic carbocycles. The Morgan fingerprint density at radius 2 is 1.38 bits per heavy atom. The van der Waals surface area contributed by atoms with Crippen LogP contribution in [0, 0.1) is 12.7 Å². The van der Waals surface area contributed by atoms with E-state index in [1.807, 2.05) is 67.1 Å². The third-order valence-corrected chi connectivity index (χ3v) is 19.2. The smallest absolute Gasteiger partial charge is 0.380 e. The fraction of sp³-hybridized carbons (Fsp3) is 0.397. The Bertz CT molecular complexity index is 3290. The van der Waals surface area contributed by atoms with E-state index in [2.05, 4.69) is 53.0 Å². The summed E-state index contributed by atoms with van der Waals surface area (Å²) in [6.45, 7) is 13.0. The number of benzene rings is 5. The van der Waals surface area contributed by atoms with Crippen LogP contribution in [-0.4, -0.2) is 165 Å². The van der Waals surface area contributed by atoms with Gasteiger partial charge in [-0.25, -0.2) is 21.2 Å². The highest BCUT2D eigenvalue weighted by Crippen LogP contribution is 2.41. The summed E-state index contributed by atoms with van der Waals surface area (Å²) in [5, 5.41) is 6.24. The zero-order valence-electron chi connectivity index (χ0n) is 45.2. The molecule has 0 radical (unpaired) electrons. The van der Waals surface area contributed by atoms with Crippen LogP contribution in [0.3, 0.4) is 0 Å². The zero-order valence-corrected chi connectivity index (χ0v) is 47.7. The lowest BCUT2D eigenvalue weighted by Gasteiger charge is -2.37. The highest BCUT2D eigenvalue weighted by atomic mass is 32.2. The van der Waals surface area contributed by atoms with Gasteiger partial charge in [-0.15, -0.1) is 11.8 Å². The van der Waals surface area contributed by atoms with Crippen LogP contribution in [0.2, 0.25) is 0 Å². The number of ether oxygens (including phenoxy) is 1. The Kier molecular flexibility index (Phi) is 18.8. The van der Waals surface area contributed by atoms with Gasteiger partial charge in [0, 0.05) is 131 Å². The van der Waals surface area contributed by atoms with E-state index in [1.165, 1.54) is 23.9 Å². The van der Waals surface area contributed by atoms with E-state index in [0.29, 0.717) is 89.4 Å². The second-order valence-corrected chi connectivity index (χ2v) is 25.2. The standard InChI is InChI=1S/C58H69F4N9O6S3/c1-42-54(57(72)63-24-8-25-68-29-27-66(2)28-30-68)55(56(67(42)3)43-13-15-45(59)16-14-43)44-9-7-10-49(39-44)71-33-31-70(32-34-71)48-19-17-46(18-20-48)65-80(75,76)51-21-22-52(53(40-51)79(73,74)58(60,61)62)64-47(23-26-69-35-37-77-38-36-69)41-78-50-11-5-4-6-12-50/h4-7,9-22,39-40,47,64-65H,8,23-38,41H2,1-3H3,(H,63,72). The minimum atomic E-state index is -6.02. The number of carbonyl (C=O) groups is 1. The van der Waals surface area contributed by atoms with Crippen molar-refractivity contribution in [3.8, 4) is 22.4 Å². The number of aromatic nitrogens is 1. The number of sulfone groups is 1. The molecule has 0 saturated carbocycles. The molecule has 1 amide bonds. The number of amides is 1. The number of likely N-dealkylation sites (N-methyl/N-ethyl adjacent to an activating group) is 1. The molecule has 0 bridgehead atoms. The Morgan fingerprint density at radius 3 is 2.05 bits per heavy atom. The molecule has 15 nitrogen and oxygen atoms in total. The molecule has 9 rings (SSSR count). The summed E-state index contributed by atoms with van der Waals surface area (Å²) in [6.07, 6.45) is 1.28. The molecule has 4 heterocycles. The number of nitrogens with one attached hydrogen (secondary N) is 3. The van der Waals surface area contributed by atoms with E-state index in [0.717, 1.165) is 95.6 Å². The Morgan fingerprint density at radius 1 is 0.713 bits per heavy atom. The van der Waals surface area contributed by atoms with Crippen molar-refractivity contribution in [2.45, 2.75) is 46.0 Å². The van der Waals surface area contributed by atoms with Gasteiger partial charge < -0.3 is 39.5 Å². The van der Waals surface area contributed by atoms with E-state index in [1.54, 1.807) is 36.4 Å². The summed E-state index contributed by atoms with van der Waals surface area (Å²) >= 11 is 1.47. The van der Waals surface area contributed by atoms with Crippen molar-refractivity contribution in [3.63, 3.8) is 0 Å². The van der Waals surface area contributed by atoms with Crippen molar-refractivity contribution in [2.75, 3.05) is 131 Å². The predicted octanol–water partition coefficient (Wildman–Crippen LogP) is 8.89. The third-order valence-electron chi connectivity index (χ3n) is 15.1. The molecule has 3 N–H and O–H groups in total. The fourth-order valence-corrected chi connectivity index (χ4v) is 13.5. The predicted molar refractivity (Wildman–Crippen MR) is 310 cm³/mol. The van der Waals surface area contributed by atoms with Gasteiger partial charge >= 0.3 is 5.51 Å². The van der Waals surface area contributed by atoms with Gasteiger partial charge in [0.05, 0.1) is 35.1 Å². The van der Waals surface area contributed by atoms with E-state index in [4.69, 9.17) is 4.74 Å². The molecule has 428 valence electrons. The number of halogens is 4. The molecule has 3 fully saturated rings. The zero-order chi connectivity index (χ0) is 56.6. The van der Waals surface area contributed by atoms with Crippen molar-refractivity contribution in [3.05, 3.63) is 138 Å². The van der Waals surface area contributed by atoms with Crippen LogP contribution in [0.5, 0.6) is 0 Å². The maximum absolute atomic E-state index is 14.3. The number of nitrogens with zero attached hydrogens (tertiary/aromatic N) is 6. The van der Waals surface area contributed by atoms with Crippen molar-refractivity contribution in [1.82, 2.24) is 24.6 Å². The molecule has 5 aromatic carbocycles. The molecule has 6 aromatic rings. The molecule has 3 saturated heterocycles. The van der Waals surface area contributed by atoms with Crippen LogP contribution in [0.15, 0.2) is 136 Å². The van der Waals surface area contributed by atoms with Crippen molar-refractivity contribution in [1.29, 1.82) is 0 Å². The van der Waals surface area contributed by atoms with Gasteiger partial charge in [0.1, 0.15) is 10.7 Å². The molecule has 3 aliphatic rings. The first-order chi connectivity index (χ1) is 38.3. The number of rotatable bonds is 21. The molecule has 0 spiro atoms. The number of morpholine rings is 1. The summed E-state index contributed by atoms with van der Waals surface area (Å²) in [5.41, 5.74) is 0.377. The second kappa shape index (κ2) is 25.8. The number of carbonyl (C=O) groups excluding carboxylic acids is 1. The summed E-state index contributed by atoms with van der Waals surface area (Å²) < 4.78 is 121. The minimum Gasteiger partial charge on any atom is -0.380 e. The van der Waals surface area contributed by atoms with E-state index >= 15 is 0 Å². The van der Waals surface area contributed by atoms with Gasteiger partial charge in [0.15, 0.2) is 0 Å². The number of sulfonamides is 1. The van der Waals surface area contributed by atoms with Crippen LogP contribution in [0.4, 0.5) is 40.3 Å². The van der Waals surface area contributed by atoms with Gasteiger partial charge in [-0.2, -0.15) is 13.2 Å². The van der Waals surface area contributed by atoms with E-state index in [-0.39, 0.29) is 23.1 Å². The van der Waals surface area contributed by atoms with Gasteiger partial charge in [0.25, 0.3) is 25.8 Å². The summed E-state index contributed by atoms with van der Waals surface area (Å²) in [6, 6.07) is 32.7. The van der Waals surface area contributed by atoms with Crippen LogP contribution in [0.25, 0.3) is 22.4 Å². The largest absolute Gasteiger partial charge is 0.501 e. The monoisotopic (exact) mass is 1160 g/mol. The Hall–Kier alpha value is -6.14. The number of alkyl halides is 3. The maximum atomic E-state index is 14.3. The molecule has 3 aliphatic heterocycles. The minimum absolute atomic E-state index is 0.127. The topological polar surface area (TPSA) is 152 Å². The molecule has 1 unspecified atom stereocenters. The van der Waals surface area contributed by atoms with Crippen LogP contribution in [0.1, 0.15) is 28.9 Å². The number of thioether (sulfide) groups is 1. The van der Waals surface area contributed by atoms with Crippen molar-refractivity contribution >= 4 is 60.3 Å². The van der Waals surface area contributed by atoms with E-state index in [9.17, 15) is 39.2 Å². The quantitative estimate of drug-likeness (QED) is 0.0358. The van der Waals surface area contributed by atoms with Gasteiger partial charge in [0.2, 0.25) is 0 Å². The molecule has 80 heavy (non-hydrogen) atoms. The Labute approximate surface area is 471 Å². The third kappa shape index (κ3) is 14.1. The number of hydrogen-bond donors (Lipinski definition) is 3. The van der Waals surface area contributed by atoms with E-state index < -0.39 is 41.2 Å². The second-order valence-electron chi connectivity index (χ2n) is 20.5. The lowest BCUT2D eigenvalue weighted by atomic mass is 9.95. The fourth-order valence-electron chi connectivity index (χ4n) is 10.4. The van der Waals surface area contributed by atoms with Gasteiger partial charge in [-0.3, -0.25) is 14.4 Å². The number of anilines is 4. The van der Waals surface area contributed by atoms with Crippen LogP contribution in [-0.2, 0) is 31.6 Å². The van der Waals surface area contributed by atoms with Gasteiger partial charge in [-0.05, 0) is 135 Å². The first-order valence-corrected chi connectivity index (χ1v) is 30.9. The summed E-state index contributed by atoms with van der Waals surface area (Å²) in [7, 11) is -6.56. The SMILES string of the molecule is Cc1c(C(=O)NCCCN2CCN(C)CC2)c(-c2cccc(N3CCN(c4ccc(NS(=O)(=O)c5ccc(NC(CCN6CCOCC6)CSc6ccccc6)c(S(=O)(=O)C(F)(F)F)c5)cc4)CC3)c2)c(-c2ccc(F)cc2)n1C. The highest BCUT2D eigenvalue weighted by molar-refractivity contribution is 7.99. The average Bonchev–Trinajstić information content (AvgIpc) is 3.81. The maximum Gasteiger partial charge on any atom is 0.501 e. The van der Waals surface area contributed by atoms with Crippen molar-refractivity contribution in [2.24, 2.45) is 7.05 Å². The first-order valence-electron chi connectivity index (χ1n) is 26.9. The number of hydrogen-bond acceptors (Lipinski definition) is 13. The molecule has 22 heteroatoms. The molecule has 1 atom stereocenters. The summed E-state index contributed by atoms with van der Waals surface area (Å²) in [5.74, 6) is -0.136. The number of piperazine rings is 2. The lowest BCUT2D eigenvalue weighted by molar-refractivity contribution is -0.0435. The van der Waals surface area contributed by atoms with Crippen molar-refractivity contribution < 1.29 is 43.9 Å². The first kappa shape index (κ1) is 58.5. The summed E-state index contributed by atoms with van der Waals surface area (Å²) in [4.78, 5) is 24.6. The average molecular weight is 1160 g/mol. The van der Waals surface area contributed by atoms with Crippen LogP contribution >= 0.6 is 11.8 Å².